The first kappa shape index (κ1) is 17.9. The summed E-state index contributed by atoms with van der Waals surface area (Å²) >= 11 is 0. The van der Waals surface area contributed by atoms with Crippen molar-refractivity contribution in [1.82, 2.24) is 4.57 Å². The molecule has 8 aromatic rings. The van der Waals surface area contributed by atoms with E-state index in [1.54, 1.807) is 0 Å². The summed E-state index contributed by atoms with van der Waals surface area (Å²) in [6.07, 6.45) is 0. The van der Waals surface area contributed by atoms with Crippen molar-refractivity contribution in [2.75, 3.05) is 0 Å². The average molecular weight is 434 g/mol. The Morgan fingerprint density at radius 2 is 1.15 bits per heavy atom. The third-order valence-corrected chi connectivity index (χ3v) is 7.13. The molecule has 2 nitrogen and oxygen atoms in total. The third-order valence-electron chi connectivity index (χ3n) is 7.13. The number of rotatable bonds is 1. The van der Waals surface area contributed by atoms with Gasteiger partial charge in [0.1, 0.15) is 5.58 Å². The lowest BCUT2D eigenvalue weighted by Gasteiger charge is -2.09. The third kappa shape index (κ3) is 2.35. The van der Waals surface area contributed by atoms with Gasteiger partial charge in [0.15, 0.2) is 5.58 Å². The molecule has 0 spiro atoms. The minimum absolute atomic E-state index is 0.927. The monoisotopic (exact) mass is 433 g/mol. The maximum Gasteiger partial charge on any atom is 0.160 e. The predicted molar refractivity (Wildman–Crippen MR) is 143 cm³/mol. The molecule has 34 heavy (non-hydrogen) atoms. The van der Waals surface area contributed by atoms with Crippen LogP contribution in [0, 0.1) is 0 Å². The molecule has 0 aliphatic carbocycles. The van der Waals surface area contributed by atoms with Crippen molar-refractivity contribution in [3.05, 3.63) is 115 Å². The zero-order valence-corrected chi connectivity index (χ0v) is 18.3. The molecule has 0 saturated heterocycles. The number of hydrogen-bond acceptors (Lipinski definition) is 1. The van der Waals surface area contributed by atoms with Crippen LogP contribution in [0.25, 0.3) is 71.0 Å². The Balaban J connectivity index is 1.57. The van der Waals surface area contributed by atoms with E-state index in [0.29, 0.717) is 0 Å². The van der Waals surface area contributed by atoms with Gasteiger partial charge in [-0.15, -0.1) is 0 Å². The highest BCUT2D eigenvalue weighted by Crippen LogP contribution is 2.41. The van der Waals surface area contributed by atoms with Gasteiger partial charge in [-0.1, -0.05) is 78.9 Å². The van der Waals surface area contributed by atoms with Gasteiger partial charge in [-0.2, -0.15) is 0 Å². The number of hydrogen-bond donors (Lipinski definition) is 0. The fraction of sp³-hybridized carbons (Fsp3) is 0. The Kier molecular flexibility index (Phi) is 3.42. The lowest BCUT2D eigenvalue weighted by atomic mass is 10.0. The van der Waals surface area contributed by atoms with Gasteiger partial charge in [-0.3, -0.25) is 0 Å². The lowest BCUT2D eigenvalue weighted by molar-refractivity contribution is 0.671. The van der Waals surface area contributed by atoms with E-state index in [-0.39, 0.29) is 0 Å². The second-order valence-electron chi connectivity index (χ2n) is 9.02. The molecule has 0 saturated carbocycles. The number of para-hydroxylation sites is 1. The SMILES string of the molecule is c1ccc2cc(-n3c4ccccc4c4ccc5c6cc7ccccc7cc6oc5c43)ccc2c1. The van der Waals surface area contributed by atoms with Crippen LogP contribution in [0.3, 0.4) is 0 Å². The van der Waals surface area contributed by atoms with Crippen LogP contribution in [-0.4, -0.2) is 4.57 Å². The molecule has 6 aromatic carbocycles. The molecule has 0 aliphatic heterocycles. The average Bonchev–Trinajstić information content (AvgIpc) is 3.42. The van der Waals surface area contributed by atoms with E-state index in [2.05, 4.69) is 120 Å². The lowest BCUT2D eigenvalue weighted by Crippen LogP contribution is -1.94. The Bertz CT molecular complexity index is 2070. The smallest absolute Gasteiger partial charge is 0.160 e. The van der Waals surface area contributed by atoms with E-state index in [1.807, 2.05) is 0 Å². The molecule has 8 rings (SSSR count). The van der Waals surface area contributed by atoms with Crippen LogP contribution in [0.15, 0.2) is 120 Å². The first-order chi connectivity index (χ1) is 16.8. The van der Waals surface area contributed by atoms with Gasteiger partial charge in [-0.25, -0.2) is 0 Å². The van der Waals surface area contributed by atoms with E-state index < -0.39 is 0 Å². The summed E-state index contributed by atoms with van der Waals surface area (Å²) in [5, 5.41) is 9.65. The van der Waals surface area contributed by atoms with Gasteiger partial charge in [0.25, 0.3) is 0 Å². The van der Waals surface area contributed by atoms with Crippen molar-refractivity contribution < 1.29 is 4.42 Å². The molecule has 0 aliphatic rings. The number of nitrogens with zero attached hydrogens (tertiary/aromatic N) is 1. The summed E-state index contributed by atoms with van der Waals surface area (Å²) in [5.74, 6) is 0. The molecule has 2 heteroatoms. The van der Waals surface area contributed by atoms with Crippen molar-refractivity contribution in [2.45, 2.75) is 0 Å². The summed E-state index contributed by atoms with van der Waals surface area (Å²) in [7, 11) is 0. The number of aromatic nitrogens is 1. The van der Waals surface area contributed by atoms with Crippen molar-refractivity contribution in [3.63, 3.8) is 0 Å². The van der Waals surface area contributed by atoms with Gasteiger partial charge in [-0.05, 0) is 57.9 Å². The molecular weight excluding hydrogens is 414 g/mol. The Labute approximate surface area is 195 Å². The van der Waals surface area contributed by atoms with Gasteiger partial charge in [0, 0.05) is 27.2 Å². The normalized spacial score (nSPS) is 12.1. The molecule has 0 unspecified atom stereocenters. The van der Waals surface area contributed by atoms with Crippen LogP contribution in [0.1, 0.15) is 0 Å². The Morgan fingerprint density at radius 3 is 2.00 bits per heavy atom. The number of benzene rings is 6. The minimum Gasteiger partial charge on any atom is -0.454 e. The summed E-state index contributed by atoms with van der Waals surface area (Å²) in [6.45, 7) is 0. The zero-order chi connectivity index (χ0) is 22.2. The highest BCUT2D eigenvalue weighted by atomic mass is 16.3. The van der Waals surface area contributed by atoms with Gasteiger partial charge >= 0.3 is 0 Å². The van der Waals surface area contributed by atoms with Crippen LogP contribution in [0.4, 0.5) is 0 Å². The standard InChI is InChI=1S/C32H19NO/c1-2-8-21-17-24(14-13-20(21)7-1)33-29-12-6-5-11-25(29)26-15-16-27-28-18-22-9-3-4-10-23(22)19-30(28)34-32(27)31(26)33/h1-19H. The quantitative estimate of drug-likeness (QED) is 0.253. The van der Waals surface area contributed by atoms with E-state index >= 15 is 0 Å². The Hall–Kier alpha value is -4.56. The highest BCUT2D eigenvalue weighted by molar-refractivity contribution is 6.22. The van der Waals surface area contributed by atoms with Crippen molar-refractivity contribution in [2.24, 2.45) is 0 Å². The zero-order valence-electron chi connectivity index (χ0n) is 18.3. The van der Waals surface area contributed by atoms with E-state index in [4.69, 9.17) is 4.42 Å². The molecule has 0 N–H and O–H groups in total. The maximum atomic E-state index is 6.63. The molecule has 2 aromatic heterocycles. The molecule has 0 fully saturated rings. The van der Waals surface area contributed by atoms with Gasteiger partial charge in [0.2, 0.25) is 0 Å². The fourth-order valence-corrected chi connectivity index (χ4v) is 5.55. The van der Waals surface area contributed by atoms with E-state index in [0.717, 1.165) is 33.1 Å². The van der Waals surface area contributed by atoms with Crippen molar-refractivity contribution in [1.29, 1.82) is 0 Å². The van der Waals surface area contributed by atoms with Gasteiger partial charge in [0.05, 0.1) is 11.0 Å². The number of fused-ring (bicyclic) bond motifs is 9. The number of furan rings is 1. The summed E-state index contributed by atoms with van der Waals surface area (Å²) in [6, 6.07) is 41.2. The van der Waals surface area contributed by atoms with Crippen LogP contribution in [0.2, 0.25) is 0 Å². The van der Waals surface area contributed by atoms with Crippen LogP contribution in [0.5, 0.6) is 0 Å². The molecular formula is C32H19NO. The minimum atomic E-state index is 0.927. The first-order valence-corrected chi connectivity index (χ1v) is 11.6. The van der Waals surface area contributed by atoms with Crippen molar-refractivity contribution in [3.8, 4) is 5.69 Å². The van der Waals surface area contributed by atoms with Crippen LogP contribution in [-0.2, 0) is 0 Å². The Morgan fingerprint density at radius 1 is 0.471 bits per heavy atom. The molecule has 0 atom stereocenters. The van der Waals surface area contributed by atoms with E-state index in [9.17, 15) is 0 Å². The maximum absolute atomic E-state index is 6.63. The summed E-state index contributed by atoms with van der Waals surface area (Å²) in [4.78, 5) is 0. The molecule has 0 amide bonds. The second-order valence-corrected chi connectivity index (χ2v) is 9.02. The van der Waals surface area contributed by atoms with Crippen molar-refractivity contribution >= 4 is 65.3 Å². The first-order valence-electron chi connectivity index (χ1n) is 11.6. The summed E-state index contributed by atoms with van der Waals surface area (Å²) in [5.41, 5.74) is 5.31. The van der Waals surface area contributed by atoms with Gasteiger partial charge < -0.3 is 8.98 Å². The molecule has 0 radical (unpaired) electrons. The molecule has 2 heterocycles. The second kappa shape index (κ2) is 6.49. The van der Waals surface area contributed by atoms with E-state index in [1.165, 1.54) is 37.8 Å². The highest BCUT2D eigenvalue weighted by Gasteiger charge is 2.19. The largest absolute Gasteiger partial charge is 0.454 e. The molecule has 158 valence electrons. The predicted octanol–water partition coefficient (Wildman–Crippen LogP) is 8.99. The van der Waals surface area contributed by atoms with Crippen LogP contribution >= 0.6 is 0 Å². The fourth-order valence-electron chi connectivity index (χ4n) is 5.55. The molecule has 0 bridgehead atoms. The topological polar surface area (TPSA) is 18.1 Å². The van der Waals surface area contributed by atoms with Crippen LogP contribution < -0.4 is 0 Å². The summed E-state index contributed by atoms with van der Waals surface area (Å²) < 4.78 is 8.99.